The number of hydrogen-bond donors (Lipinski definition) is 0. The van der Waals surface area contributed by atoms with Gasteiger partial charge in [-0.25, -0.2) is 4.68 Å². The van der Waals surface area contributed by atoms with Gasteiger partial charge in [-0.15, -0.1) is 5.10 Å². The standard InChI is InChI=1S/C47H52N4O7S/c1-4-56-46(52)29-43(42-22-23-44-47(35(42)3)48-49-51(44)25-13-5-6-14-26-55-32-36-15-9-7-10-16-36)38-20-19-34(2)39(27-38)30-50-31-40-28-41(21-24-45(40)58-59(50,53)54)57-33-37-17-11-8-12-18-37/h7-12,15-24,27-28,43H,4-6,13-14,25-26,29-33H2,1-3H3. The van der Waals surface area contributed by atoms with Crippen LogP contribution in [0.5, 0.6) is 11.5 Å². The van der Waals surface area contributed by atoms with E-state index in [4.69, 9.17) is 18.4 Å². The highest BCUT2D eigenvalue weighted by Gasteiger charge is 2.33. The first-order valence-corrected chi connectivity index (χ1v) is 21.7. The Kier molecular flexibility index (Phi) is 13.7. The molecule has 5 aromatic carbocycles. The number of aromatic nitrogens is 3. The third kappa shape index (κ3) is 10.6. The molecule has 1 aliphatic rings. The second-order valence-corrected chi connectivity index (χ2v) is 16.6. The number of carbonyl (C=O) groups is 1. The number of rotatable bonds is 19. The summed E-state index contributed by atoms with van der Waals surface area (Å²) in [6.07, 6.45) is 4.23. The van der Waals surface area contributed by atoms with Gasteiger partial charge in [0.15, 0.2) is 0 Å². The van der Waals surface area contributed by atoms with Crippen LogP contribution in [0.3, 0.4) is 0 Å². The minimum atomic E-state index is -4.09. The number of hydrogen-bond acceptors (Lipinski definition) is 9. The average Bonchev–Trinajstić information content (AvgIpc) is 3.66. The Bertz CT molecular complexity index is 2460. The van der Waals surface area contributed by atoms with E-state index in [2.05, 4.69) is 28.5 Å². The number of carbonyl (C=O) groups excluding carboxylic acids is 1. The molecule has 0 radical (unpaired) electrons. The quantitative estimate of drug-likeness (QED) is 0.0582. The summed E-state index contributed by atoms with van der Waals surface area (Å²) >= 11 is 0. The second-order valence-electron chi connectivity index (χ2n) is 15.0. The third-order valence-electron chi connectivity index (χ3n) is 10.8. The van der Waals surface area contributed by atoms with E-state index in [-0.39, 0.29) is 43.8 Å². The number of esters is 1. The maximum Gasteiger partial charge on any atom is 0.385 e. The summed E-state index contributed by atoms with van der Waals surface area (Å²) in [4.78, 5) is 13.1. The molecule has 0 aliphatic carbocycles. The summed E-state index contributed by atoms with van der Waals surface area (Å²) in [6, 6.07) is 35.3. The van der Waals surface area contributed by atoms with Crippen molar-refractivity contribution in [2.45, 2.75) is 91.6 Å². The van der Waals surface area contributed by atoms with Gasteiger partial charge in [0, 0.05) is 37.7 Å². The van der Waals surface area contributed by atoms with Crippen LogP contribution in [0.1, 0.15) is 89.5 Å². The lowest BCUT2D eigenvalue weighted by Gasteiger charge is -2.29. The van der Waals surface area contributed by atoms with E-state index in [0.29, 0.717) is 24.5 Å². The number of nitrogens with zero attached hydrogens (tertiary/aromatic N) is 4. The van der Waals surface area contributed by atoms with E-state index < -0.39 is 10.3 Å². The van der Waals surface area contributed by atoms with Crippen molar-refractivity contribution < 1.29 is 31.6 Å². The van der Waals surface area contributed by atoms with Crippen LogP contribution in [-0.4, -0.2) is 46.9 Å². The van der Waals surface area contributed by atoms with E-state index in [1.807, 2.05) is 97.4 Å². The Morgan fingerprint density at radius 2 is 1.59 bits per heavy atom. The van der Waals surface area contributed by atoms with Crippen molar-refractivity contribution >= 4 is 27.3 Å². The molecule has 0 N–H and O–H groups in total. The van der Waals surface area contributed by atoms with Gasteiger partial charge in [-0.3, -0.25) is 4.79 Å². The molecule has 0 saturated carbocycles. The van der Waals surface area contributed by atoms with Crippen LogP contribution < -0.4 is 8.92 Å². The Labute approximate surface area is 347 Å². The Morgan fingerprint density at radius 3 is 2.36 bits per heavy atom. The molecule has 0 amide bonds. The fraction of sp³-hybridized carbons (Fsp3) is 0.340. The third-order valence-corrected chi connectivity index (χ3v) is 12.1. The highest BCUT2D eigenvalue weighted by atomic mass is 32.2. The molecule has 7 rings (SSSR count). The molecular formula is C47H52N4O7S. The van der Waals surface area contributed by atoms with Gasteiger partial charge in [0.25, 0.3) is 0 Å². The molecular weight excluding hydrogens is 765 g/mol. The molecule has 1 aliphatic heterocycles. The van der Waals surface area contributed by atoms with Crippen LogP contribution in [0.25, 0.3) is 11.0 Å². The van der Waals surface area contributed by atoms with Crippen LogP contribution in [0.2, 0.25) is 0 Å². The predicted octanol–water partition coefficient (Wildman–Crippen LogP) is 9.13. The Morgan fingerprint density at radius 1 is 0.847 bits per heavy atom. The first-order chi connectivity index (χ1) is 28.7. The molecule has 11 nitrogen and oxygen atoms in total. The summed E-state index contributed by atoms with van der Waals surface area (Å²) in [6.45, 7) is 8.76. The zero-order valence-electron chi connectivity index (χ0n) is 34.0. The molecule has 0 spiro atoms. The molecule has 0 saturated heterocycles. The number of benzene rings is 5. The van der Waals surface area contributed by atoms with Gasteiger partial charge in [-0.2, -0.15) is 12.7 Å². The largest absolute Gasteiger partial charge is 0.489 e. The van der Waals surface area contributed by atoms with Crippen molar-refractivity contribution in [3.8, 4) is 11.5 Å². The molecule has 12 heteroatoms. The number of ether oxygens (including phenoxy) is 3. The van der Waals surface area contributed by atoms with Gasteiger partial charge in [0.05, 0.1) is 25.2 Å². The van der Waals surface area contributed by atoms with E-state index in [1.165, 1.54) is 9.87 Å². The summed E-state index contributed by atoms with van der Waals surface area (Å²) < 4.78 is 53.1. The fourth-order valence-corrected chi connectivity index (χ4v) is 8.62. The van der Waals surface area contributed by atoms with Crippen molar-refractivity contribution in [2.24, 2.45) is 0 Å². The predicted molar refractivity (Wildman–Crippen MR) is 227 cm³/mol. The van der Waals surface area contributed by atoms with E-state index in [0.717, 1.165) is 83.2 Å². The minimum absolute atomic E-state index is 0.0791. The van der Waals surface area contributed by atoms with Crippen LogP contribution in [0, 0.1) is 13.8 Å². The first kappa shape index (κ1) is 41.6. The molecule has 1 aromatic heterocycles. The smallest absolute Gasteiger partial charge is 0.385 e. The SMILES string of the molecule is CCOC(=O)CC(c1ccc(C)c(CN2Cc3cc(OCc4ccccc4)ccc3OS2(=O)=O)c1)c1ccc2c(nnn2CCCCCCOCc2ccccc2)c1C. The van der Waals surface area contributed by atoms with E-state index in [9.17, 15) is 13.2 Å². The highest BCUT2D eigenvalue weighted by Crippen LogP contribution is 2.37. The van der Waals surface area contributed by atoms with Gasteiger partial charge in [-0.1, -0.05) is 103 Å². The van der Waals surface area contributed by atoms with Crippen LogP contribution >= 0.6 is 0 Å². The van der Waals surface area contributed by atoms with E-state index in [1.54, 1.807) is 19.1 Å². The normalized spacial score (nSPS) is 14.1. The van der Waals surface area contributed by atoms with Crippen LogP contribution in [-0.2, 0) is 57.4 Å². The molecule has 6 aromatic rings. The van der Waals surface area contributed by atoms with Crippen LogP contribution in [0.4, 0.5) is 0 Å². The average molecular weight is 817 g/mol. The highest BCUT2D eigenvalue weighted by molar-refractivity contribution is 7.84. The maximum absolute atomic E-state index is 13.5. The number of fused-ring (bicyclic) bond motifs is 2. The molecule has 0 bridgehead atoms. The Balaban J connectivity index is 1.04. The number of unbranched alkanes of at least 4 members (excludes halogenated alkanes) is 3. The van der Waals surface area contributed by atoms with Gasteiger partial charge in [0.2, 0.25) is 0 Å². The van der Waals surface area contributed by atoms with Gasteiger partial charge >= 0.3 is 16.3 Å². The molecule has 0 fully saturated rings. The molecule has 1 unspecified atom stereocenters. The lowest BCUT2D eigenvalue weighted by molar-refractivity contribution is -0.143. The van der Waals surface area contributed by atoms with E-state index >= 15 is 0 Å². The fourth-order valence-electron chi connectivity index (χ4n) is 7.53. The van der Waals surface area contributed by atoms with Crippen molar-refractivity contribution in [3.05, 3.63) is 154 Å². The molecule has 308 valence electrons. The first-order valence-electron chi connectivity index (χ1n) is 20.4. The zero-order chi connectivity index (χ0) is 41.2. The summed E-state index contributed by atoms with van der Waals surface area (Å²) in [7, 11) is -4.09. The zero-order valence-corrected chi connectivity index (χ0v) is 34.8. The van der Waals surface area contributed by atoms with Crippen LogP contribution in [0.15, 0.2) is 109 Å². The second kappa shape index (κ2) is 19.5. The maximum atomic E-state index is 13.5. The van der Waals surface area contributed by atoms with Gasteiger partial charge in [0.1, 0.15) is 23.6 Å². The summed E-state index contributed by atoms with van der Waals surface area (Å²) in [5.74, 6) is 0.226. The summed E-state index contributed by atoms with van der Waals surface area (Å²) in [5, 5.41) is 9.11. The van der Waals surface area contributed by atoms with Crippen molar-refractivity contribution in [1.82, 2.24) is 19.3 Å². The Hall–Kier alpha value is -5.56. The number of aryl methyl sites for hydroxylation is 3. The van der Waals surface area contributed by atoms with Gasteiger partial charge in [-0.05, 0) is 96.8 Å². The van der Waals surface area contributed by atoms with Gasteiger partial charge < -0.3 is 18.4 Å². The van der Waals surface area contributed by atoms with Crippen molar-refractivity contribution in [2.75, 3.05) is 13.2 Å². The molecule has 2 heterocycles. The monoisotopic (exact) mass is 816 g/mol. The molecule has 59 heavy (non-hydrogen) atoms. The lowest BCUT2D eigenvalue weighted by atomic mass is 9.84. The van der Waals surface area contributed by atoms with Crippen molar-refractivity contribution in [1.29, 1.82) is 0 Å². The lowest BCUT2D eigenvalue weighted by Crippen LogP contribution is -2.37. The van der Waals surface area contributed by atoms with Crippen molar-refractivity contribution in [3.63, 3.8) is 0 Å². The molecule has 1 atom stereocenters. The topological polar surface area (TPSA) is 122 Å². The summed E-state index contributed by atoms with van der Waals surface area (Å²) in [5.41, 5.74) is 9.13. The minimum Gasteiger partial charge on any atom is -0.489 e.